The molecule has 144 valence electrons. The lowest BCUT2D eigenvalue weighted by Crippen LogP contribution is -2.18. The van der Waals surface area contributed by atoms with Crippen molar-refractivity contribution in [3.05, 3.63) is 64.2 Å². The van der Waals surface area contributed by atoms with E-state index in [0.717, 1.165) is 34.6 Å². The van der Waals surface area contributed by atoms with Gasteiger partial charge in [0, 0.05) is 5.56 Å². The number of carbonyl (C=O) groups excluding carboxylic acids is 1. The van der Waals surface area contributed by atoms with E-state index in [0.29, 0.717) is 0 Å². The Hall–Kier alpha value is -2.83. The molecule has 0 saturated carbocycles. The van der Waals surface area contributed by atoms with Crippen LogP contribution in [0.2, 0.25) is 0 Å². The van der Waals surface area contributed by atoms with Crippen molar-refractivity contribution < 1.29 is 22.7 Å². The Balaban J connectivity index is 2.18. The number of rotatable bonds is 5. The Morgan fingerprint density at radius 2 is 1.93 bits per heavy atom. The van der Waals surface area contributed by atoms with Crippen molar-refractivity contribution in [2.45, 2.75) is 32.9 Å². The van der Waals surface area contributed by atoms with Gasteiger partial charge in [0.1, 0.15) is 5.75 Å². The molecule has 1 N–H and O–H groups in total. The highest BCUT2D eigenvalue weighted by Crippen LogP contribution is 2.30. The zero-order valence-electron chi connectivity index (χ0n) is 15.5. The average Bonchev–Trinajstić information content (AvgIpc) is 2.61. The number of nitrogens with one attached hydrogen (secondary N) is 1. The fourth-order valence-corrected chi connectivity index (χ4v) is 2.54. The minimum atomic E-state index is -4.51. The maximum absolute atomic E-state index is 12.7. The van der Waals surface area contributed by atoms with Crippen LogP contribution >= 0.6 is 0 Å². The number of methoxy groups -OCH3 is 1. The van der Waals surface area contributed by atoms with E-state index in [-0.39, 0.29) is 11.5 Å². The van der Waals surface area contributed by atoms with Gasteiger partial charge in [0.15, 0.2) is 0 Å². The summed E-state index contributed by atoms with van der Waals surface area (Å²) in [5.74, 6) is 0.285. The maximum atomic E-state index is 12.7. The molecule has 0 aliphatic heterocycles. The second kappa shape index (κ2) is 8.24. The summed E-state index contributed by atoms with van der Waals surface area (Å²) in [7, 11) is 1.60. The molecule has 7 heteroatoms. The second-order valence-corrected chi connectivity index (χ2v) is 6.38. The summed E-state index contributed by atoms with van der Waals surface area (Å²) in [5.41, 5.74) is 3.94. The zero-order valence-corrected chi connectivity index (χ0v) is 15.5. The molecule has 2 aromatic carbocycles. The fraction of sp³-hybridized carbons (Fsp3) is 0.300. The lowest BCUT2D eigenvalue weighted by molar-refractivity contribution is -0.137. The molecular formula is C20H21F3N2O2. The third-order valence-electron chi connectivity index (χ3n) is 4.06. The molecule has 0 spiro atoms. The van der Waals surface area contributed by atoms with Gasteiger partial charge in [-0.2, -0.15) is 18.3 Å². The van der Waals surface area contributed by atoms with Crippen molar-refractivity contribution in [3.8, 4) is 5.75 Å². The van der Waals surface area contributed by atoms with Gasteiger partial charge in [-0.05, 0) is 59.9 Å². The number of nitrogens with zero attached hydrogens (tertiary/aromatic N) is 1. The topological polar surface area (TPSA) is 50.7 Å². The number of hydrogen-bond acceptors (Lipinski definition) is 3. The normalized spacial score (nSPS) is 11.9. The molecule has 2 aromatic rings. The first-order valence-corrected chi connectivity index (χ1v) is 8.32. The van der Waals surface area contributed by atoms with Crippen LogP contribution in [0.3, 0.4) is 0 Å². The van der Waals surface area contributed by atoms with E-state index in [1.807, 2.05) is 32.9 Å². The summed E-state index contributed by atoms with van der Waals surface area (Å²) in [6.07, 6.45) is -3.04. The van der Waals surface area contributed by atoms with Gasteiger partial charge in [-0.15, -0.1) is 0 Å². The zero-order chi connectivity index (χ0) is 20.2. The second-order valence-electron chi connectivity index (χ2n) is 6.38. The van der Waals surface area contributed by atoms with E-state index >= 15 is 0 Å². The number of alkyl halides is 3. The molecule has 1 amide bonds. The van der Waals surface area contributed by atoms with E-state index in [2.05, 4.69) is 10.5 Å². The Morgan fingerprint density at radius 1 is 1.22 bits per heavy atom. The molecule has 0 aliphatic rings. The number of ether oxygens (including phenoxy) is 1. The summed E-state index contributed by atoms with van der Waals surface area (Å²) < 4.78 is 43.6. The first kappa shape index (κ1) is 20.5. The molecule has 0 unspecified atom stereocenters. The quantitative estimate of drug-likeness (QED) is 0.594. The van der Waals surface area contributed by atoms with Crippen molar-refractivity contribution in [3.63, 3.8) is 0 Å². The molecule has 0 fully saturated rings. The maximum Gasteiger partial charge on any atom is 0.416 e. The Bertz CT molecular complexity index is 859. The molecule has 0 aromatic heterocycles. The predicted octanol–water partition coefficient (Wildman–Crippen LogP) is 4.91. The predicted molar refractivity (Wildman–Crippen MR) is 98.3 cm³/mol. The Labute approximate surface area is 156 Å². The van der Waals surface area contributed by atoms with Crippen LogP contribution in [0.5, 0.6) is 5.75 Å². The third kappa shape index (κ3) is 5.09. The SMILES string of the molecule is COc1cc(C)c(/C=N\NC(=O)c2cccc(C(F)(F)F)c2)cc1C(C)C. The number of halogens is 3. The molecule has 0 saturated heterocycles. The van der Waals surface area contributed by atoms with Gasteiger partial charge in [-0.1, -0.05) is 19.9 Å². The first-order chi connectivity index (χ1) is 12.6. The van der Waals surface area contributed by atoms with Crippen molar-refractivity contribution in [1.29, 1.82) is 0 Å². The van der Waals surface area contributed by atoms with Crippen molar-refractivity contribution in [1.82, 2.24) is 5.43 Å². The number of aryl methyl sites for hydroxylation is 1. The number of amides is 1. The van der Waals surface area contributed by atoms with E-state index in [1.54, 1.807) is 7.11 Å². The highest BCUT2D eigenvalue weighted by molar-refractivity contribution is 5.95. The summed E-state index contributed by atoms with van der Waals surface area (Å²) in [6.45, 7) is 5.94. The molecular weight excluding hydrogens is 357 g/mol. The molecule has 0 heterocycles. The number of benzene rings is 2. The van der Waals surface area contributed by atoms with Gasteiger partial charge in [-0.25, -0.2) is 5.43 Å². The summed E-state index contributed by atoms with van der Waals surface area (Å²) in [4.78, 5) is 12.1. The van der Waals surface area contributed by atoms with E-state index in [4.69, 9.17) is 4.74 Å². The van der Waals surface area contributed by atoms with Gasteiger partial charge >= 0.3 is 6.18 Å². The highest BCUT2D eigenvalue weighted by Gasteiger charge is 2.30. The lowest BCUT2D eigenvalue weighted by Gasteiger charge is -2.14. The minimum absolute atomic E-state index is 0.115. The molecule has 0 atom stereocenters. The van der Waals surface area contributed by atoms with Crippen molar-refractivity contribution >= 4 is 12.1 Å². The van der Waals surface area contributed by atoms with Crippen LogP contribution in [0.4, 0.5) is 13.2 Å². The highest BCUT2D eigenvalue weighted by atomic mass is 19.4. The van der Waals surface area contributed by atoms with Gasteiger partial charge in [0.2, 0.25) is 0 Å². The standard InChI is InChI=1S/C20H21F3N2O2/c1-12(2)17-10-15(13(3)8-18(17)27-4)11-24-25-19(26)14-6-5-7-16(9-14)20(21,22)23/h5-12H,1-4H3,(H,25,26)/b24-11-. The average molecular weight is 378 g/mol. The van der Waals surface area contributed by atoms with Crippen LogP contribution in [-0.4, -0.2) is 19.2 Å². The van der Waals surface area contributed by atoms with Gasteiger partial charge < -0.3 is 4.74 Å². The summed E-state index contributed by atoms with van der Waals surface area (Å²) in [5, 5.41) is 3.88. The monoisotopic (exact) mass is 378 g/mol. The van der Waals surface area contributed by atoms with Crippen molar-refractivity contribution in [2.24, 2.45) is 5.10 Å². The largest absolute Gasteiger partial charge is 0.496 e. The first-order valence-electron chi connectivity index (χ1n) is 8.32. The molecule has 0 bridgehead atoms. The van der Waals surface area contributed by atoms with Crippen LogP contribution in [0.25, 0.3) is 0 Å². The van der Waals surface area contributed by atoms with E-state index < -0.39 is 17.6 Å². The Kier molecular flexibility index (Phi) is 6.25. The van der Waals surface area contributed by atoms with Crippen LogP contribution in [0.15, 0.2) is 41.5 Å². The summed E-state index contributed by atoms with van der Waals surface area (Å²) in [6, 6.07) is 7.98. The molecule has 4 nitrogen and oxygen atoms in total. The number of carbonyl (C=O) groups is 1. The molecule has 0 aliphatic carbocycles. The number of hydrazone groups is 1. The fourth-order valence-electron chi connectivity index (χ4n) is 2.54. The lowest BCUT2D eigenvalue weighted by atomic mass is 9.97. The number of hydrogen-bond donors (Lipinski definition) is 1. The van der Waals surface area contributed by atoms with Crippen molar-refractivity contribution in [2.75, 3.05) is 7.11 Å². The van der Waals surface area contributed by atoms with E-state index in [9.17, 15) is 18.0 Å². The van der Waals surface area contributed by atoms with Gasteiger partial charge in [-0.3, -0.25) is 4.79 Å². The van der Waals surface area contributed by atoms with Crippen LogP contribution in [0, 0.1) is 6.92 Å². The minimum Gasteiger partial charge on any atom is -0.496 e. The van der Waals surface area contributed by atoms with Crippen LogP contribution in [-0.2, 0) is 6.18 Å². The van der Waals surface area contributed by atoms with E-state index in [1.165, 1.54) is 18.3 Å². The Morgan fingerprint density at radius 3 is 2.52 bits per heavy atom. The van der Waals surface area contributed by atoms with Gasteiger partial charge in [0.25, 0.3) is 5.91 Å². The molecule has 2 rings (SSSR count). The third-order valence-corrected chi connectivity index (χ3v) is 4.06. The van der Waals surface area contributed by atoms with Gasteiger partial charge in [0.05, 0.1) is 18.9 Å². The molecule has 27 heavy (non-hydrogen) atoms. The summed E-state index contributed by atoms with van der Waals surface area (Å²) >= 11 is 0. The molecule has 0 radical (unpaired) electrons. The van der Waals surface area contributed by atoms with Crippen LogP contribution < -0.4 is 10.2 Å². The smallest absolute Gasteiger partial charge is 0.416 e. The van der Waals surface area contributed by atoms with Crippen LogP contribution in [0.1, 0.15) is 52.4 Å².